The van der Waals surface area contributed by atoms with E-state index < -0.39 is 18.1 Å². The summed E-state index contributed by atoms with van der Waals surface area (Å²) in [5.41, 5.74) is 7.94. The molecule has 5 rings (SSSR count). The van der Waals surface area contributed by atoms with E-state index in [2.05, 4.69) is 26.5 Å². The zero-order valence-electron chi connectivity index (χ0n) is 18.3. The largest absolute Gasteiger partial charge is 0.391 e. The molecule has 0 saturated carbocycles. The summed E-state index contributed by atoms with van der Waals surface area (Å²) in [5.74, 6) is 0.0119. The van der Waals surface area contributed by atoms with Crippen LogP contribution in [0.2, 0.25) is 5.02 Å². The molecule has 4 N–H and O–H groups in total. The highest BCUT2D eigenvalue weighted by Gasteiger charge is 2.31. The van der Waals surface area contributed by atoms with Crippen molar-refractivity contribution in [1.29, 1.82) is 5.26 Å². The number of nitriles is 1. The lowest BCUT2D eigenvalue weighted by Gasteiger charge is -2.37. The Morgan fingerprint density at radius 2 is 2.26 bits per heavy atom. The van der Waals surface area contributed by atoms with Gasteiger partial charge in [0.05, 0.1) is 40.9 Å². The number of pyridine rings is 1. The van der Waals surface area contributed by atoms with Crippen LogP contribution in [-0.2, 0) is 0 Å². The number of imidazole rings is 1. The Morgan fingerprint density at radius 3 is 3.06 bits per heavy atom. The SMILES string of the molecule is CC(NC(=O)c1c(N)nn2cccnc12)c1cc(Cl)c2cncn2c1N1C[C@H](O)C[C@H](C#N)C1. The van der Waals surface area contributed by atoms with Crippen molar-refractivity contribution in [3.05, 3.63) is 53.2 Å². The number of piperidine rings is 1. The van der Waals surface area contributed by atoms with E-state index in [0.29, 0.717) is 47.1 Å². The van der Waals surface area contributed by atoms with Gasteiger partial charge in [-0.2, -0.15) is 5.26 Å². The lowest BCUT2D eigenvalue weighted by Crippen LogP contribution is -2.44. The van der Waals surface area contributed by atoms with Crippen molar-refractivity contribution < 1.29 is 9.90 Å². The minimum atomic E-state index is -0.657. The average Bonchev–Trinajstić information content (AvgIpc) is 3.42. The number of β-amino-alcohol motifs (C(OH)–C–C–N with tert-alkyl or cyclic N) is 1. The number of fused-ring (bicyclic) bond motifs is 2. The Hall–Kier alpha value is -3.88. The lowest BCUT2D eigenvalue weighted by molar-refractivity contribution is 0.0942. The molecule has 1 aliphatic rings. The number of carbonyl (C=O) groups is 1. The molecule has 12 heteroatoms. The molecular weight excluding hydrogens is 458 g/mol. The van der Waals surface area contributed by atoms with Gasteiger partial charge < -0.3 is 21.1 Å². The number of hydrogen-bond donors (Lipinski definition) is 3. The van der Waals surface area contributed by atoms with E-state index in [1.54, 1.807) is 37.1 Å². The summed E-state index contributed by atoms with van der Waals surface area (Å²) in [7, 11) is 0. The molecule has 1 aliphatic heterocycles. The second-order valence-electron chi connectivity index (χ2n) is 8.38. The number of aliphatic hydroxyl groups is 1. The van der Waals surface area contributed by atoms with Crippen molar-refractivity contribution >= 4 is 40.3 Å². The summed E-state index contributed by atoms with van der Waals surface area (Å²) >= 11 is 6.55. The Morgan fingerprint density at radius 1 is 1.44 bits per heavy atom. The summed E-state index contributed by atoms with van der Waals surface area (Å²) in [6, 6.07) is 5.22. The van der Waals surface area contributed by atoms with E-state index in [-0.39, 0.29) is 17.3 Å². The van der Waals surface area contributed by atoms with E-state index in [0.717, 1.165) is 0 Å². The number of halogens is 1. The number of nitrogens with zero attached hydrogens (tertiary/aromatic N) is 7. The molecule has 1 amide bonds. The molecule has 4 aromatic rings. The van der Waals surface area contributed by atoms with Crippen LogP contribution in [0.4, 0.5) is 11.6 Å². The van der Waals surface area contributed by atoms with Crippen LogP contribution in [0.1, 0.15) is 35.3 Å². The molecule has 174 valence electrons. The third-order valence-corrected chi connectivity index (χ3v) is 6.33. The summed E-state index contributed by atoms with van der Waals surface area (Å²) in [6.45, 7) is 2.60. The summed E-state index contributed by atoms with van der Waals surface area (Å²) in [5, 5.41) is 27.5. The number of carbonyl (C=O) groups excluding carboxylic acids is 1. The first-order chi connectivity index (χ1) is 16.4. The number of aliphatic hydroxyl groups excluding tert-OH is 1. The fraction of sp³-hybridized carbons (Fsp3) is 0.318. The van der Waals surface area contributed by atoms with Gasteiger partial charge in [-0.25, -0.2) is 14.5 Å². The van der Waals surface area contributed by atoms with Crippen molar-refractivity contribution in [2.45, 2.75) is 25.5 Å². The first-order valence-corrected chi connectivity index (χ1v) is 11.1. The Bertz CT molecular complexity index is 1440. The van der Waals surface area contributed by atoms with Crippen molar-refractivity contribution in [3.63, 3.8) is 0 Å². The predicted molar refractivity (Wildman–Crippen MR) is 125 cm³/mol. The molecule has 0 aliphatic carbocycles. The van der Waals surface area contributed by atoms with Crippen LogP contribution in [0.15, 0.2) is 37.1 Å². The van der Waals surface area contributed by atoms with Crippen LogP contribution in [-0.4, -0.2) is 54.2 Å². The Labute approximate surface area is 199 Å². The van der Waals surface area contributed by atoms with Gasteiger partial charge in [-0.05, 0) is 25.5 Å². The molecular formula is C22H22ClN9O2. The minimum Gasteiger partial charge on any atom is -0.391 e. The topological polar surface area (TPSA) is 150 Å². The number of amides is 1. The fourth-order valence-corrected chi connectivity index (χ4v) is 4.77. The average molecular weight is 480 g/mol. The van der Waals surface area contributed by atoms with Gasteiger partial charge in [0.2, 0.25) is 0 Å². The highest BCUT2D eigenvalue weighted by Crippen LogP contribution is 2.35. The van der Waals surface area contributed by atoms with Gasteiger partial charge in [0.1, 0.15) is 17.7 Å². The molecule has 34 heavy (non-hydrogen) atoms. The molecule has 1 unspecified atom stereocenters. The van der Waals surface area contributed by atoms with Crippen LogP contribution < -0.4 is 16.0 Å². The highest BCUT2D eigenvalue weighted by molar-refractivity contribution is 6.34. The lowest BCUT2D eigenvalue weighted by atomic mass is 9.96. The number of rotatable bonds is 4. The summed E-state index contributed by atoms with van der Waals surface area (Å²) in [6.07, 6.45) is 6.26. The molecule has 1 saturated heterocycles. The second-order valence-corrected chi connectivity index (χ2v) is 8.79. The monoisotopic (exact) mass is 479 g/mol. The molecule has 0 aromatic carbocycles. The maximum absolute atomic E-state index is 13.2. The van der Waals surface area contributed by atoms with E-state index >= 15 is 0 Å². The van der Waals surface area contributed by atoms with Crippen molar-refractivity contribution in [1.82, 2.24) is 29.3 Å². The van der Waals surface area contributed by atoms with Gasteiger partial charge in [-0.15, -0.1) is 5.10 Å². The van der Waals surface area contributed by atoms with Crippen LogP contribution >= 0.6 is 11.6 Å². The van der Waals surface area contributed by atoms with Gasteiger partial charge in [-0.1, -0.05) is 11.6 Å². The third kappa shape index (κ3) is 3.67. The number of nitrogen functional groups attached to an aromatic ring is 1. The van der Waals surface area contributed by atoms with E-state index in [1.807, 2.05) is 16.2 Å². The molecule has 0 spiro atoms. The standard InChI is InChI=1S/C22H22ClN9O2/c1-12(28-21(34)18-19(25)29-32-4-2-3-27-20(18)32)15-6-16(23)17-8-26-11-31(17)22(15)30-9-13(7-24)5-14(33)10-30/h2-4,6,8,11-14,33H,5,9-10H2,1H3,(H2,25,29)(H,28,34)/t12?,13-,14-/m1/s1. The number of nitrogens with two attached hydrogens (primary N) is 1. The Balaban J connectivity index is 1.55. The maximum Gasteiger partial charge on any atom is 0.259 e. The van der Waals surface area contributed by atoms with Gasteiger partial charge in [0.15, 0.2) is 11.5 Å². The molecule has 5 heterocycles. The smallest absolute Gasteiger partial charge is 0.259 e. The number of aromatic nitrogens is 5. The van der Waals surface area contributed by atoms with Gasteiger partial charge >= 0.3 is 0 Å². The van der Waals surface area contributed by atoms with E-state index in [9.17, 15) is 15.2 Å². The van der Waals surface area contributed by atoms with Crippen molar-refractivity contribution in [3.8, 4) is 6.07 Å². The number of nitrogens with one attached hydrogen (secondary N) is 1. The van der Waals surface area contributed by atoms with Crippen LogP contribution in [0.5, 0.6) is 0 Å². The molecule has 0 bridgehead atoms. The first-order valence-electron chi connectivity index (χ1n) is 10.7. The van der Waals surface area contributed by atoms with E-state index in [1.165, 1.54) is 4.52 Å². The fourth-order valence-electron chi connectivity index (χ4n) is 4.52. The highest BCUT2D eigenvalue weighted by atomic mass is 35.5. The minimum absolute atomic E-state index is 0.0720. The zero-order valence-corrected chi connectivity index (χ0v) is 19.0. The third-order valence-electron chi connectivity index (χ3n) is 6.03. The summed E-state index contributed by atoms with van der Waals surface area (Å²) in [4.78, 5) is 23.6. The normalized spacial score (nSPS) is 19.3. The maximum atomic E-state index is 13.2. The van der Waals surface area contributed by atoms with Crippen molar-refractivity contribution in [2.24, 2.45) is 5.92 Å². The second kappa shape index (κ2) is 8.48. The Kier molecular flexibility index (Phi) is 5.47. The molecule has 0 radical (unpaired) electrons. The molecule has 3 atom stereocenters. The van der Waals surface area contributed by atoms with Crippen LogP contribution in [0.25, 0.3) is 11.2 Å². The number of anilines is 2. The van der Waals surface area contributed by atoms with Gasteiger partial charge in [0.25, 0.3) is 5.91 Å². The van der Waals surface area contributed by atoms with Gasteiger partial charge in [0, 0.05) is 31.0 Å². The molecule has 1 fully saturated rings. The first kappa shape index (κ1) is 21.9. The summed E-state index contributed by atoms with van der Waals surface area (Å²) < 4.78 is 3.27. The van der Waals surface area contributed by atoms with Gasteiger partial charge in [-0.3, -0.25) is 9.20 Å². The van der Waals surface area contributed by atoms with Crippen molar-refractivity contribution in [2.75, 3.05) is 23.7 Å². The van der Waals surface area contributed by atoms with Crippen LogP contribution in [0.3, 0.4) is 0 Å². The quantitative estimate of drug-likeness (QED) is 0.401. The van der Waals surface area contributed by atoms with E-state index in [4.69, 9.17) is 17.3 Å². The number of hydrogen-bond acceptors (Lipinski definition) is 8. The molecule has 11 nitrogen and oxygen atoms in total. The van der Waals surface area contributed by atoms with Crippen LogP contribution in [0, 0.1) is 17.2 Å². The zero-order chi connectivity index (χ0) is 24.0. The predicted octanol–water partition coefficient (Wildman–Crippen LogP) is 1.81. The molecule has 4 aromatic heterocycles.